The van der Waals surface area contributed by atoms with E-state index >= 15 is 0 Å². The van der Waals surface area contributed by atoms with Gasteiger partial charge in [0.15, 0.2) is 5.82 Å². The summed E-state index contributed by atoms with van der Waals surface area (Å²) in [5.74, 6) is 2.49. The third-order valence-corrected chi connectivity index (χ3v) is 3.99. The van der Waals surface area contributed by atoms with Crippen molar-refractivity contribution in [1.29, 1.82) is 0 Å². The lowest BCUT2D eigenvalue weighted by Crippen LogP contribution is -2.13. The van der Waals surface area contributed by atoms with Gasteiger partial charge in [0.05, 0.1) is 5.75 Å². The molecule has 2 rings (SSSR count). The number of nitrogens with zero attached hydrogens (tertiary/aromatic N) is 2. The van der Waals surface area contributed by atoms with E-state index in [9.17, 15) is 0 Å². The van der Waals surface area contributed by atoms with E-state index in [1.807, 2.05) is 0 Å². The monoisotopic (exact) mass is 305 g/mol. The van der Waals surface area contributed by atoms with Crippen LogP contribution in [0.25, 0.3) is 0 Å². The smallest absolute Gasteiger partial charge is 0.229 e. The Morgan fingerprint density at radius 3 is 2.90 bits per heavy atom. The summed E-state index contributed by atoms with van der Waals surface area (Å²) in [4.78, 5) is 5.63. The maximum Gasteiger partial charge on any atom is 0.229 e. The maximum absolute atomic E-state index is 5.22. The summed E-state index contributed by atoms with van der Waals surface area (Å²) >= 11 is 1.74. The first-order chi connectivity index (χ1) is 10.2. The van der Waals surface area contributed by atoms with Gasteiger partial charge in [0.25, 0.3) is 0 Å². The topological polar surface area (TPSA) is 51.0 Å². The Bertz CT molecular complexity index is 554. The molecule has 0 saturated carbocycles. The van der Waals surface area contributed by atoms with Gasteiger partial charge in [-0.1, -0.05) is 38.1 Å². The number of hydrogen-bond acceptors (Lipinski definition) is 5. The molecule has 4 nitrogen and oxygen atoms in total. The quantitative estimate of drug-likeness (QED) is 0.590. The Hall–Kier alpha value is -1.33. The molecular weight excluding hydrogens is 282 g/mol. The standard InChI is InChI=1S/C16H23N3OS/c1-4-8-17-10-13-6-5-7-14(9-13)21-11-15-18-16(12(2)3)20-19-15/h5-7,9,12,17H,4,8,10-11H2,1-3H3. The van der Waals surface area contributed by atoms with Gasteiger partial charge in [0.1, 0.15) is 0 Å². The second kappa shape index (κ2) is 8.20. The first-order valence-electron chi connectivity index (χ1n) is 7.44. The van der Waals surface area contributed by atoms with Gasteiger partial charge in [-0.15, -0.1) is 11.8 Å². The van der Waals surface area contributed by atoms with Crippen LogP contribution in [0.2, 0.25) is 0 Å². The molecule has 0 saturated heterocycles. The second-order valence-electron chi connectivity index (χ2n) is 5.32. The number of rotatable bonds is 8. The van der Waals surface area contributed by atoms with E-state index in [-0.39, 0.29) is 5.92 Å². The molecule has 0 atom stereocenters. The van der Waals surface area contributed by atoms with Gasteiger partial charge in [-0.05, 0) is 30.7 Å². The molecule has 0 bridgehead atoms. The number of nitrogens with one attached hydrogen (secondary N) is 1. The van der Waals surface area contributed by atoms with Crippen molar-refractivity contribution in [3.05, 3.63) is 41.5 Å². The van der Waals surface area contributed by atoms with Crippen molar-refractivity contribution >= 4 is 11.8 Å². The van der Waals surface area contributed by atoms with Crippen LogP contribution < -0.4 is 5.32 Å². The van der Waals surface area contributed by atoms with Crippen LogP contribution in [-0.4, -0.2) is 16.7 Å². The highest BCUT2D eigenvalue weighted by molar-refractivity contribution is 7.98. The van der Waals surface area contributed by atoms with Crippen molar-refractivity contribution in [1.82, 2.24) is 15.5 Å². The number of aromatic nitrogens is 2. The summed E-state index contributed by atoms with van der Waals surface area (Å²) < 4.78 is 5.22. The van der Waals surface area contributed by atoms with Crippen LogP contribution in [0.5, 0.6) is 0 Å². The highest BCUT2D eigenvalue weighted by Crippen LogP contribution is 2.23. The summed E-state index contributed by atoms with van der Waals surface area (Å²) in [6.45, 7) is 8.25. The minimum atomic E-state index is 0.282. The van der Waals surface area contributed by atoms with E-state index in [1.54, 1.807) is 11.8 Å². The molecule has 0 fully saturated rings. The van der Waals surface area contributed by atoms with E-state index in [0.29, 0.717) is 5.89 Å². The fourth-order valence-electron chi connectivity index (χ4n) is 1.86. The van der Waals surface area contributed by atoms with Gasteiger partial charge in [-0.25, -0.2) is 0 Å². The van der Waals surface area contributed by atoms with Crippen LogP contribution in [0, 0.1) is 0 Å². The van der Waals surface area contributed by atoms with Crippen LogP contribution in [0.4, 0.5) is 0 Å². The first-order valence-corrected chi connectivity index (χ1v) is 8.42. The Balaban J connectivity index is 1.88. The summed E-state index contributed by atoms with van der Waals surface area (Å²) in [7, 11) is 0. The molecular formula is C16H23N3OS. The number of hydrogen-bond donors (Lipinski definition) is 1. The molecule has 5 heteroatoms. The van der Waals surface area contributed by atoms with Crippen molar-refractivity contribution in [3.63, 3.8) is 0 Å². The van der Waals surface area contributed by atoms with Crippen LogP contribution in [0.15, 0.2) is 33.7 Å². The minimum absolute atomic E-state index is 0.282. The molecule has 0 amide bonds. The molecule has 1 aromatic carbocycles. The highest BCUT2D eigenvalue weighted by Gasteiger charge is 2.10. The third kappa shape index (κ3) is 5.17. The van der Waals surface area contributed by atoms with E-state index in [0.717, 1.165) is 31.1 Å². The van der Waals surface area contributed by atoms with Crippen LogP contribution in [0.3, 0.4) is 0 Å². The molecule has 0 aliphatic heterocycles. The third-order valence-electron chi connectivity index (χ3n) is 3.00. The van der Waals surface area contributed by atoms with E-state index < -0.39 is 0 Å². The molecule has 0 radical (unpaired) electrons. The Morgan fingerprint density at radius 2 is 2.19 bits per heavy atom. The minimum Gasteiger partial charge on any atom is -0.339 e. The molecule has 0 aliphatic rings. The zero-order valence-corrected chi connectivity index (χ0v) is 13.7. The Morgan fingerprint density at radius 1 is 1.33 bits per heavy atom. The van der Waals surface area contributed by atoms with E-state index in [4.69, 9.17) is 4.52 Å². The fraction of sp³-hybridized carbons (Fsp3) is 0.500. The Kier molecular flexibility index (Phi) is 6.26. The lowest BCUT2D eigenvalue weighted by atomic mass is 10.2. The average molecular weight is 305 g/mol. The largest absolute Gasteiger partial charge is 0.339 e. The molecule has 0 unspecified atom stereocenters. The van der Waals surface area contributed by atoms with Crippen molar-refractivity contribution in [3.8, 4) is 0 Å². The number of thioether (sulfide) groups is 1. The van der Waals surface area contributed by atoms with E-state index in [2.05, 4.69) is 60.5 Å². The van der Waals surface area contributed by atoms with E-state index in [1.165, 1.54) is 10.5 Å². The second-order valence-corrected chi connectivity index (χ2v) is 6.37. The predicted molar refractivity (Wildman–Crippen MR) is 86.4 cm³/mol. The summed E-state index contributed by atoms with van der Waals surface area (Å²) in [5, 5.41) is 7.44. The molecule has 1 aromatic heterocycles. The molecule has 1 heterocycles. The van der Waals surface area contributed by atoms with Crippen molar-refractivity contribution in [2.75, 3.05) is 6.54 Å². The SMILES string of the molecule is CCCNCc1cccc(SCc2noc(C(C)C)n2)c1. The number of benzene rings is 1. The molecule has 0 aliphatic carbocycles. The van der Waals surface area contributed by atoms with Crippen molar-refractivity contribution < 1.29 is 4.52 Å². The summed E-state index contributed by atoms with van der Waals surface area (Å²) in [6.07, 6.45) is 1.16. The fourth-order valence-corrected chi connectivity index (χ4v) is 2.69. The normalized spacial score (nSPS) is 11.2. The molecule has 0 spiro atoms. The van der Waals surface area contributed by atoms with Gasteiger partial charge in [-0.2, -0.15) is 4.98 Å². The summed E-state index contributed by atoms with van der Waals surface area (Å²) in [6, 6.07) is 8.59. The predicted octanol–water partition coefficient (Wildman–Crippen LogP) is 3.98. The molecule has 2 aromatic rings. The Labute approximate surface area is 130 Å². The van der Waals surface area contributed by atoms with Crippen molar-refractivity contribution in [2.45, 2.75) is 50.3 Å². The summed E-state index contributed by atoms with van der Waals surface area (Å²) in [5.41, 5.74) is 1.31. The van der Waals surface area contributed by atoms with Gasteiger partial charge >= 0.3 is 0 Å². The van der Waals surface area contributed by atoms with Gasteiger partial charge in [0.2, 0.25) is 5.89 Å². The van der Waals surface area contributed by atoms with Gasteiger partial charge < -0.3 is 9.84 Å². The van der Waals surface area contributed by atoms with Gasteiger partial charge in [0, 0.05) is 17.4 Å². The molecule has 114 valence electrons. The maximum atomic E-state index is 5.22. The zero-order valence-electron chi connectivity index (χ0n) is 12.9. The van der Waals surface area contributed by atoms with Crippen LogP contribution >= 0.6 is 11.8 Å². The van der Waals surface area contributed by atoms with Gasteiger partial charge in [-0.3, -0.25) is 0 Å². The van der Waals surface area contributed by atoms with Crippen molar-refractivity contribution in [2.24, 2.45) is 0 Å². The lowest BCUT2D eigenvalue weighted by Gasteiger charge is -2.05. The molecule has 21 heavy (non-hydrogen) atoms. The molecule has 1 N–H and O–H groups in total. The lowest BCUT2D eigenvalue weighted by molar-refractivity contribution is 0.362. The first kappa shape index (κ1) is 16.0. The zero-order chi connectivity index (χ0) is 15.1. The highest BCUT2D eigenvalue weighted by atomic mass is 32.2. The van der Waals surface area contributed by atoms with Crippen LogP contribution in [0.1, 0.15) is 50.4 Å². The van der Waals surface area contributed by atoms with Crippen LogP contribution in [-0.2, 0) is 12.3 Å². The average Bonchev–Trinajstić information content (AvgIpc) is 2.95.